The first-order valence-electron chi connectivity index (χ1n) is 8.25. The van der Waals surface area contributed by atoms with Gasteiger partial charge in [-0.3, -0.25) is 0 Å². The number of nitrogens with zero attached hydrogens (tertiary/aromatic N) is 2. The molecule has 0 unspecified atom stereocenters. The summed E-state index contributed by atoms with van der Waals surface area (Å²) in [4.78, 5) is 7.39. The molecule has 128 valence electrons. The molecule has 3 rings (SSSR count). The summed E-state index contributed by atoms with van der Waals surface area (Å²) in [6.45, 7) is 5.90. The molecule has 0 radical (unpaired) electrons. The quantitative estimate of drug-likeness (QED) is 0.861. The number of rotatable bonds is 4. The first-order chi connectivity index (χ1) is 11.4. The first-order valence-corrected chi connectivity index (χ1v) is 9.74. The molecule has 6 heteroatoms. The number of sulfone groups is 1. The zero-order valence-corrected chi connectivity index (χ0v) is 14.9. The highest BCUT2D eigenvalue weighted by Crippen LogP contribution is 2.29. The van der Waals surface area contributed by atoms with E-state index in [2.05, 4.69) is 9.88 Å². The summed E-state index contributed by atoms with van der Waals surface area (Å²) in [5.74, 6) is 0.917. The summed E-state index contributed by atoms with van der Waals surface area (Å²) < 4.78 is 26.0. The van der Waals surface area contributed by atoms with Crippen LogP contribution in [0.2, 0.25) is 0 Å². The molecule has 0 saturated carbocycles. The highest BCUT2D eigenvalue weighted by atomic mass is 32.2. The van der Waals surface area contributed by atoms with E-state index in [0.717, 1.165) is 37.4 Å². The predicted molar refractivity (Wildman–Crippen MR) is 96.1 cm³/mol. The van der Waals surface area contributed by atoms with Crippen molar-refractivity contribution in [3.8, 4) is 0 Å². The van der Waals surface area contributed by atoms with Gasteiger partial charge in [0.2, 0.25) is 9.84 Å². The van der Waals surface area contributed by atoms with Gasteiger partial charge in [0.1, 0.15) is 5.82 Å². The number of nitrogens with two attached hydrogens (primary N) is 1. The van der Waals surface area contributed by atoms with Crippen LogP contribution >= 0.6 is 0 Å². The van der Waals surface area contributed by atoms with Crippen molar-refractivity contribution in [1.29, 1.82) is 0 Å². The summed E-state index contributed by atoms with van der Waals surface area (Å²) in [5.41, 5.74) is 7.01. The maximum atomic E-state index is 13.0. The SMILES string of the molecule is CC(C)c1cc(S(=O)(=O)c2ccc(N)cc2)cc(N2CCCC2)n1. The molecule has 1 saturated heterocycles. The van der Waals surface area contributed by atoms with Gasteiger partial charge in [0.15, 0.2) is 0 Å². The van der Waals surface area contributed by atoms with Gasteiger partial charge >= 0.3 is 0 Å². The van der Waals surface area contributed by atoms with E-state index in [-0.39, 0.29) is 10.8 Å². The number of hydrogen-bond acceptors (Lipinski definition) is 5. The van der Waals surface area contributed by atoms with Gasteiger partial charge in [-0.1, -0.05) is 13.8 Å². The topological polar surface area (TPSA) is 76.3 Å². The maximum absolute atomic E-state index is 13.0. The van der Waals surface area contributed by atoms with Gasteiger partial charge in [-0.25, -0.2) is 13.4 Å². The molecule has 1 aliphatic heterocycles. The molecule has 1 aromatic heterocycles. The van der Waals surface area contributed by atoms with E-state index < -0.39 is 9.84 Å². The van der Waals surface area contributed by atoms with Gasteiger partial charge in [0.05, 0.1) is 9.79 Å². The van der Waals surface area contributed by atoms with Crippen molar-refractivity contribution in [3.63, 3.8) is 0 Å². The van der Waals surface area contributed by atoms with Crippen molar-refractivity contribution < 1.29 is 8.42 Å². The Labute approximate surface area is 143 Å². The third-order valence-corrected chi connectivity index (χ3v) is 6.08. The second-order valence-corrected chi connectivity index (χ2v) is 8.46. The number of hydrogen-bond donors (Lipinski definition) is 1. The van der Waals surface area contributed by atoms with Crippen LogP contribution in [-0.4, -0.2) is 26.5 Å². The van der Waals surface area contributed by atoms with E-state index in [1.807, 2.05) is 13.8 Å². The predicted octanol–water partition coefficient (Wildman–Crippen LogP) is 3.22. The Balaban J connectivity index is 2.10. The molecule has 0 atom stereocenters. The van der Waals surface area contributed by atoms with Gasteiger partial charge < -0.3 is 10.6 Å². The number of nitrogen functional groups attached to an aromatic ring is 1. The van der Waals surface area contributed by atoms with Crippen LogP contribution in [0.3, 0.4) is 0 Å². The summed E-state index contributed by atoms with van der Waals surface area (Å²) >= 11 is 0. The molecule has 5 nitrogen and oxygen atoms in total. The van der Waals surface area contributed by atoms with Crippen LogP contribution in [0.4, 0.5) is 11.5 Å². The second kappa shape index (κ2) is 6.43. The summed E-state index contributed by atoms with van der Waals surface area (Å²) in [5, 5.41) is 0. The fourth-order valence-corrected chi connectivity index (χ4v) is 4.16. The summed E-state index contributed by atoms with van der Waals surface area (Å²) in [6, 6.07) is 9.71. The Morgan fingerprint density at radius 1 is 1.04 bits per heavy atom. The van der Waals surface area contributed by atoms with E-state index in [0.29, 0.717) is 10.6 Å². The number of anilines is 2. The third kappa shape index (κ3) is 3.24. The van der Waals surface area contributed by atoms with Crippen LogP contribution in [0.5, 0.6) is 0 Å². The number of benzene rings is 1. The lowest BCUT2D eigenvalue weighted by Crippen LogP contribution is -2.20. The summed E-state index contributed by atoms with van der Waals surface area (Å²) in [6.07, 6.45) is 2.24. The third-order valence-electron chi connectivity index (χ3n) is 4.33. The average Bonchev–Trinajstić information content (AvgIpc) is 3.09. The molecule has 0 bridgehead atoms. The monoisotopic (exact) mass is 345 g/mol. The fourth-order valence-electron chi connectivity index (χ4n) is 2.85. The summed E-state index contributed by atoms with van der Waals surface area (Å²) in [7, 11) is -3.59. The minimum Gasteiger partial charge on any atom is -0.399 e. The van der Waals surface area contributed by atoms with Crippen LogP contribution < -0.4 is 10.6 Å². The zero-order valence-electron chi connectivity index (χ0n) is 14.1. The molecule has 0 aliphatic carbocycles. The van der Waals surface area contributed by atoms with E-state index in [4.69, 9.17) is 5.73 Å². The minimum atomic E-state index is -3.59. The molecular weight excluding hydrogens is 322 g/mol. The van der Waals surface area contributed by atoms with Crippen molar-refractivity contribution in [2.24, 2.45) is 0 Å². The Kier molecular flexibility index (Phi) is 4.49. The molecule has 0 amide bonds. The molecule has 24 heavy (non-hydrogen) atoms. The van der Waals surface area contributed by atoms with Crippen molar-refractivity contribution >= 4 is 21.3 Å². The molecule has 2 heterocycles. The van der Waals surface area contributed by atoms with Crippen LogP contribution in [0.1, 0.15) is 38.3 Å². The fraction of sp³-hybridized carbons (Fsp3) is 0.389. The second-order valence-electron chi connectivity index (χ2n) is 6.51. The standard InChI is InChI=1S/C18H23N3O2S/c1-13(2)17-11-16(12-18(20-17)21-9-3-4-10-21)24(22,23)15-7-5-14(19)6-8-15/h5-8,11-13H,3-4,9-10,19H2,1-2H3. The Morgan fingerprint density at radius 2 is 1.67 bits per heavy atom. The minimum absolute atomic E-state index is 0.160. The molecule has 2 aromatic rings. The van der Waals surface area contributed by atoms with E-state index in [1.54, 1.807) is 36.4 Å². The van der Waals surface area contributed by atoms with Crippen LogP contribution in [0.25, 0.3) is 0 Å². The Bertz CT molecular complexity index is 824. The largest absolute Gasteiger partial charge is 0.399 e. The lowest BCUT2D eigenvalue weighted by atomic mass is 10.1. The van der Waals surface area contributed by atoms with E-state index in [9.17, 15) is 8.42 Å². The van der Waals surface area contributed by atoms with Crippen LogP contribution in [0.15, 0.2) is 46.2 Å². The van der Waals surface area contributed by atoms with E-state index in [1.165, 1.54) is 0 Å². The molecule has 1 aromatic carbocycles. The first kappa shape index (κ1) is 16.8. The number of pyridine rings is 1. The van der Waals surface area contributed by atoms with Crippen molar-refractivity contribution in [2.75, 3.05) is 23.7 Å². The normalized spacial score (nSPS) is 15.2. The van der Waals surface area contributed by atoms with Gasteiger partial charge in [0, 0.05) is 24.5 Å². The van der Waals surface area contributed by atoms with Crippen molar-refractivity contribution in [1.82, 2.24) is 4.98 Å². The Morgan fingerprint density at radius 3 is 2.25 bits per heavy atom. The lowest BCUT2D eigenvalue weighted by molar-refractivity contribution is 0.595. The highest BCUT2D eigenvalue weighted by molar-refractivity contribution is 7.91. The van der Waals surface area contributed by atoms with Crippen LogP contribution in [0, 0.1) is 0 Å². The average molecular weight is 345 g/mol. The van der Waals surface area contributed by atoms with E-state index >= 15 is 0 Å². The molecule has 0 spiro atoms. The highest BCUT2D eigenvalue weighted by Gasteiger charge is 2.23. The van der Waals surface area contributed by atoms with Crippen molar-refractivity contribution in [3.05, 3.63) is 42.1 Å². The molecule has 2 N–H and O–H groups in total. The van der Waals surface area contributed by atoms with Crippen LogP contribution in [-0.2, 0) is 9.84 Å². The maximum Gasteiger partial charge on any atom is 0.206 e. The smallest absolute Gasteiger partial charge is 0.206 e. The van der Waals surface area contributed by atoms with Gasteiger partial charge in [-0.15, -0.1) is 0 Å². The van der Waals surface area contributed by atoms with Gasteiger partial charge in [-0.2, -0.15) is 0 Å². The lowest BCUT2D eigenvalue weighted by Gasteiger charge is -2.19. The molecular formula is C18H23N3O2S. The van der Waals surface area contributed by atoms with Crippen molar-refractivity contribution in [2.45, 2.75) is 42.4 Å². The Hall–Kier alpha value is -2.08. The zero-order chi connectivity index (χ0) is 17.3. The van der Waals surface area contributed by atoms with Gasteiger partial charge in [0.25, 0.3) is 0 Å². The van der Waals surface area contributed by atoms with Gasteiger partial charge in [-0.05, 0) is 55.2 Å². The molecule has 1 aliphatic rings. The number of aromatic nitrogens is 1. The molecule has 1 fully saturated rings.